The molecule has 0 saturated heterocycles. The van der Waals surface area contributed by atoms with Gasteiger partial charge in [-0.05, 0) is 99.2 Å². The van der Waals surface area contributed by atoms with Gasteiger partial charge in [0.05, 0.1) is 11.7 Å². The van der Waals surface area contributed by atoms with Crippen LogP contribution in [0.4, 0.5) is 0 Å². The first-order valence-electron chi connectivity index (χ1n) is 9.68. The highest BCUT2D eigenvalue weighted by molar-refractivity contribution is 5.12. The van der Waals surface area contributed by atoms with E-state index in [4.69, 9.17) is 0 Å². The summed E-state index contributed by atoms with van der Waals surface area (Å²) < 4.78 is 0. The quantitative estimate of drug-likeness (QED) is 0.706. The maximum atomic E-state index is 10.9. The first kappa shape index (κ1) is 15.4. The molecule has 2 heteroatoms. The van der Waals surface area contributed by atoms with Crippen molar-refractivity contribution >= 4 is 0 Å². The second-order valence-electron chi connectivity index (χ2n) is 9.85. The van der Waals surface area contributed by atoms with Crippen molar-refractivity contribution in [2.75, 3.05) is 0 Å². The molecule has 0 unspecified atom stereocenters. The molecule has 4 aliphatic rings. The number of hydrogen-bond donors (Lipinski definition) is 2. The molecule has 0 heterocycles. The molecule has 4 aliphatic carbocycles. The third kappa shape index (κ3) is 1.86. The Labute approximate surface area is 135 Å². The molecule has 0 radical (unpaired) electrons. The van der Waals surface area contributed by atoms with E-state index in [9.17, 15) is 10.2 Å². The van der Waals surface area contributed by atoms with Gasteiger partial charge in [-0.1, -0.05) is 13.8 Å². The Morgan fingerprint density at radius 2 is 1.55 bits per heavy atom. The van der Waals surface area contributed by atoms with Gasteiger partial charge in [0.15, 0.2) is 0 Å². The molecule has 8 atom stereocenters. The van der Waals surface area contributed by atoms with Crippen LogP contribution < -0.4 is 0 Å². The highest BCUT2D eigenvalue weighted by atomic mass is 16.3. The maximum Gasteiger partial charge on any atom is 0.0675 e. The Morgan fingerprint density at radius 3 is 2.32 bits per heavy atom. The van der Waals surface area contributed by atoms with Crippen molar-refractivity contribution in [2.24, 2.45) is 34.5 Å². The van der Waals surface area contributed by atoms with Gasteiger partial charge in [0.25, 0.3) is 0 Å². The summed E-state index contributed by atoms with van der Waals surface area (Å²) in [7, 11) is 0. The van der Waals surface area contributed by atoms with Crippen LogP contribution in [0.25, 0.3) is 0 Å². The van der Waals surface area contributed by atoms with Crippen molar-refractivity contribution in [1.82, 2.24) is 0 Å². The van der Waals surface area contributed by atoms with Gasteiger partial charge >= 0.3 is 0 Å². The van der Waals surface area contributed by atoms with Crippen LogP contribution >= 0.6 is 0 Å². The fourth-order valence-corrected chi connectivity index (χ4v) is 7.48. The van der Waals surface area contributed by atoms with Crippen LogP contribution in [0.2, 0.25) is 0 Å². The minimum Gasteiger partial charge on any atom is -0.393 e. The van der Waals surface area contributed by atoms with Gasteiger partial charge in [0.1, 0.15) is 0 Å². The van der Waals surface area contributed by atoms with Crippen LogP contribution in [-0.2, 0) is 0 Å². The van der Waals surface area contributed by atoms with Crippen LogP contribution in [0.15, 0.2) is 0 Å². The Morgan fingerprint density at radius 1 is 0.818 bits per heavy atom. The summed E-state index contributed by atoms with van der Waals surface area (Å²) in [5, 5.41) is 21.0. The second-order valence-corrected chi connectivity index (χ2v) is 9.85. The maximum absolute atomic E-state index is 10.9. The zero-order valence-corrected chi connectivity index (χ0v) is 14.6. The van der Waals surface area contributed by atoms with E-state index in [2.05, 4.69) is 20.8 Å². The van der Waals surface area contributed by atoms with E-state index >= 15 is 0 Å². The normalized spacial score (nSPS) is 61.2. The van der Waals surface area contributed by atoms with Crippen LogP contribution in [0.5, 0.6) is 0 Å². The predicted molar refractivity (Wildman–Crippen MR) is 88.4 cm³/mol. The third-order valence-electron chi connectivity index (χ3n) is 9.20. The van der Waals surface area contributed by atoms with Crippen LogP contribution in [0.3, 0.4) is 0 Å². The van der Waals surface area contributed by atoms with E-state index in [1.807, 2.05) is 0 Å². The van der Waals surface area contributed by atoms with E-state index in [0.717, 1.165) is 42.9 Å². The molecule has 4 saturated carbocycles. The molecular weight excluding hydrogens is 272 g/mol. The summed E-state index contributed by atoms with van der Waals surface area (Å²) in [5.41, 5.74) is 0.145. The van der Waals surface area contributed by atoms with Crippen molar-refractivity contribution in [3.8, 4) is 0 Å². The lowest BCUT2D eigenvalue weighted by Crippen LogP contribution is -2.56. The standard InChI is InChI=1S/C20H34O2/c1-18-9-6-14(21)12-13(18)4-5-15-16(18)7-10-19(2)17(15)8-11-20(19,3)22/h13-17,21-22H,4-12H2,1-3H3/t13-,14-,15+,16-,17+,18+,19+,20+/m1/s1. The summed E-state index contributed by atoms with van der Waals surface area (Å²) in [5.74, 6) is 3.13. The molecule has 4 rings (SSSR count). The van der Waals surface area contributed by atoms with Crippen molar-refractivity contribution in [3.63, 3.8) is 0 Å². The topological polar surface area (TPSA) is 40.5 Å². The van der Waals surface area contributed by atoms with Gasteiger partial charge < -0.3 is 10.2 Å². The first-order valence-corrected chi connectivity index (χ1v) is 9.68. The molecule has 0 aliphatic heterocycles. The lowest BCUT2D eigenvalue weighted by Gasteiger charge is -2.61. The molecule has 2 nitrogen and oxygen atoms in total. The van der Waals surface area contributed by atoms with E-state index in [1.165, 1.54) is 38.5 Å². The number of aliphatic hydroxyl groups is 2. The third-order valence-corrected chi connectivity index (χ3v) is 9.20. The Hall–Kier alpha value is -0.0800. The van der Waals surface area contributed by atoms with E-state index < -0.39 is 5.60 Å². The van der Waals surface area contributed by atoms with Crippen LogP contribution in [0.1, 0.15) is 78.6 Å². The molecule has 0 amide bonds. The molecule has 0 spiro atoms. The number of aliphatic hydroxyl groups excluding tert-OH is 1. The molecule has 22 heavy (non-hydrogen) atoms. The molecular formula is C20H34O2. The smallest absolute Gasteiger partial charge is 0.0675 e. The average molecular weight is 306 g/mol. The van der Waals surface area contributed by atoms with E-state index in [-0.39, 0.29) is 11.5 Å². The van der Waals surface area contributed by atoms with Crippen molar-refractivity contribution in [1.29, 1.82) is 0 Å². The lowest BCUT2D eigenvalue weighted by molar-refractivity contribution is -0.153. The number of fused-ring (bicyclic) bond motifs is 5. The lowest BCUT2D eigenvalue weighted by atomic mass is 9.44. The highest BCUT2D eigenvalue weighted by Gasteiger charge is 2.63. The van der Waals surface area contributed by atoms with Gasteiger partial charge in [0, 0.05) is 0 Å². The second kappa shape index (κ2) is 4.72. The molecule has 4 fully saturated rings. The Bertz CT molecular complexity index is 459. The van der Waals surface area contributed by atoms with Gasteiger partial charge in [0.2, 0.25) is 0 Å². The zero-order valence-electron chi connectivity index (χ0n) is 14.6. The minimum absolute atomic E-state index is 0.0457. The Balaban J connectivity index is 1.64. The zero-order chi connectivity index (χ0) is 15.8. The van der Waals surface area contributed by atoms with Crippen molar-refractivity contribution in [2.45, 2.75) is 90.3 Å². The van der Waals surface area contributed by atoms with Gasteiger partial charge in [-0.25, -0.2) is 0 Å². The average Bonchev–Trinajstić information content (AvgIpc) is 2.70. The fourth-order valence-electron chi connectivity index (χ4n) is 7.48. The molecule has 2 N–H and O–H groups in total. The van der Waals surface area contributed by atoms with E-state index in [1.54, 1.807) is 0 Å². The highest BCUT2D eigenvalue weighted by Crippen LogP contribution is 2.68. The van der Waals surface area contributed by atoms with Crippen molar-refractivity contribution in [3.05, 3.63) is 0 Å². The van der Waals surface area contributed by atoms with Crippen molar-refractivity contribution < 1.29 is 10.2 Å². The molecule has 0 aromatic carbocycles. The Kier molecular flexibility index (Phi) is 3.32. The summed E-state index contributed by atoms with van der Waals surface area (Å²) in [6.45, 7) is 7.01. The summed E-state index contributed by atoms with van der Waals surface area (Å²) in [6.07, 6.45) is 10.6. The first-order chi connectivity index (χ1) is 10.3. The molecule has 0 aromatic heterocycles. The SMILES string of the molecule is C[C@]12CC[C@@H](O)C[C@H]1CC[C@H]1[C@H]2CC[C@@]2(C)[C@H]1CC[C@]2(C)O. The number of rotatable bonds is 0. The molecule has 0 aromatic rings. The number of hydrogen-bond acceptors (Lipinski definition) is 2. The monoisotopic (exact) mass is 306 g/mol. The fraction of sp³-hybridized carbons (Fsp3) is 1.00. The molecule has 0 bridgehead atoms. The summed E-state index contributed by atoms with van der Waals surface area (Å²) >= 11 is 0. The largest absolute Gasteiger partial charge is 0.393 e. The van der Waals surface area contributed by atoms with Crippen LogP contribution in [0, 0.1) is 34.5 Å². The summed E-state index contributed by atoms with van der Waals surface area (Å²) in [6, 6.07) is 0. The van der Waals surface area contributed by atoms with E-state index in [0.29, 0.717) is 5.41 Å². The molecule has 126 valence electrons. The van der Waals surface area contributed by atoms with Gasteiger partial charge in [-0.2, -0.15) is 0 Å². The van der Waals surface area contributed by atoms with Crippen LogP contribution in [-0.4, -0.2) is 21.9 Å². The minimum atomic E-state index is -0.455. The predicted octanol–water partition coefficient (Wildman–Crippen LogP) is 4.14. The summed E-state index contributed by atoms with van der Waals surface area (Å²) in [4.78, 5) is 0. The van der Waals surface area contributed by atoms with Gasteiger partial charge in [-0.15, -0.1) is 0 Å². The van der Waals surface area contributed by atoms with Gasteiger partial charge in [-0.3, -0.25) is 0 Å².